The molecule has 0 aliphatic carbocycles. The Hall–Kier alpha value is -2.08. The lowest BCUT2D eigenvalue weighted by molar-refractivity contribution is -0.137. The molecule has 0 bridgehead atoms. The number of amides is 2. The average Bonchev–Trinajstić information content (AvgIpc) is 2.44. The van der Waals surface area contributed by atoms with E-state index < -0.39 is 5.97 Å². The van der Waals surface area contributed by atoms with Gasteiger partial charge in [-0.2, -0.15) is 0 Å². The van der Waals surface area contributed by atoms with Gasteiger partial charge in [-0.15, -0.1) is 0 Å². The lowest BCUT2D eigenvalue weighted by atomic mass is 10.2. The van der Waals surface area contributed by atoms with Gasteiger partial charge in [0.25, 0.3) is 0 Å². The van der Waals surface area contributed by atoms with Crippen LogP contribution in [0.15, 0.2) is 18.2 Å². The Labute approximate surface area is 133 Å². The van der Waals surface area contributed by atoms with E-state index in [1.165, 1.54) is 0 Å². The number of carbonyl (C=O) groups excluding carboxylic acids is 2. The Morgan fingerprint density at radius 1 is 1.14 bits per heavy atom. The smallest absolute Gasteiger partial charge is 0.303 e. The summed E-state index contributed by atoms with van der Waals surface area (Å²) in [5, 5.41) is 14.0. The van der Waals surface area contributed by atoms with Crippen molar-refractivity contribution in [3.63, 3.8) is 0 Å². The first-order valence-electron chi connectivity index (χ1n) is 6.93. The van der Waals surface area contributed by atoms with Crippen molar-refractivity contribution in [3.05, 3.63) is 28.8 Å². The van der Waals surface area contributed by atoms with Crippen molar-refractivity contribution in [2.75, 3.05) is 11.9 Å². The standard InChI is InChI=1S/C15H19ClN2O4/c1-10-6-7-12(11(16)8-10)18-14(20)9-17-13(19)4-2-3-5-15(21)22/h6-8H,2-5,9H2,1H3,(H,17,19)(H,18,20)(H,21,22). The lowest BCUT2D eigenvalue weighted by Gasteiger charge is -2.09. The number of halogens is 1. The Morgan fingerprint density at radius 2 is 1.82 bits per heavy atom. The van der Waals surface area contributed by atoms with Crippen molar-refractivity contribution in [3.8, 4) is 0 Å². The monoisotopic (exact) mass is 326 g/mol. The maximum atomic E-state index is 11.7. The molecule has 120 valence electrons. The fraction of sp³-hybridized carbons (Fsp3) is 0.400. The maximum absolute atomic E-state index is 11.7. The molecule has 3 N–H and O–H groups in total. The van der Waals surface area contributed by atoms with Crippen molar-refractivity contribution in [2.45, 2.75) is 32.6 Å². The summed E-state index contributed by atoms with van der Waals surface area (Å²) in [6.45, 7) is 1.74. The van der Waals surface area contributed by atoms with E-state index in [2.05, 4.69) is 10.6 Å². The first-order chi connectivity index (χ1) is 10.4. The topological polar surface area (TPSA) is 95.5 Å². The van der Waals surface area contributed by atoms with Crippen LogP contribution in [-0.4, -0.2) is 29.4 Å². The minimum absolute atomic E-state index is 0.0414. The van der Waals surface area contributed by atoms with Gasteiger partial charge < -0.3 is 15.7 Å². The van der Waals surface area contributed by atoms with Crippen LogP contribution in [0.1, 0.15) is 31.2 Å². The van der Waals surface area contributed by atoms with Gasteiger partial charge in [-0.1, -0.05) is 17.7 Å². The molecule has 0 saturated carbocycles. The number of carboxylic acid groups (broad SMARTS) is 1. The molecule has 0 saturated heterocycles. The normalized spacial score (nSPS) is 10.1. The Morgan fingerprint density at radius 3 is 2.45 bits per heavy atom. The third-order valence-corrected chi connectivity index (χ3v) is 3.20. The third kappa shape index (κ3) is 7.08. The van der Waals surface area contributed by atoms with Crippen LogP contribution in [0.25, 0.3) is 0 Å². The molecule has 7 heteroatoms. The first kappa shape index (κ1) is 18.0. The van der Waals surface area contributed by atoms with Crippen LogP contribution >= 0.6 is 11.6 Å². The second-order valence-corrected chi connectivity index (χ2v) is 5.32. The number of anilines is 1. The average molecular weight is 327 g/mol. The fourth-order valence-corrected chi connectivity index (χ4v) is 2.03. The molecule has 1 aromatic rings. The number of carboxylic acids is 1. The molecule has 22 heavy (non-hydrogen) atoms. The number of benzene rings is 1. The summed E-state index contributed by atoms with van der Waals surface area (Å²) in [4.78, 5) is 33.5. The predicted octanol–water partition coefficient (Wildman–Crippen LogP) is 2.35. The number of aliphatic carboxylic acids is 1. The highest BCUT2D eigenvalue weighted by Gasteiger charge is 2.08. The van der Waals surface area contributed by atoms with Crippen LogP contribution < -0.4 is 10.6 Å². The number of unbranched alkanes of at least 4 members (excludes halogenated alkanes) is 1. The predicted molar refractivity (Wildman–Crippen MR) is 83.9 cm³/mol. The van der Waals surface area contributed by atoms with Crippen LogP contribution in [-0.2, 0) is 14.4 Å². The van der Waals surface area contributed by atoms with Gasteiger partial charge in [0.1, 0.15) is 0 Å². The molecule has 0 heterocycles. The minimum atomic E-state index is -0.880. The van der Waals surface area contributed by atoms with Crippen molar-refractivity contribution in [2.24, 2.45) is 0 Å². The molecule has 2 amide bonds. The molecule has 0 atom stereocenters. The summed E-state index contributed by atoms with van der Waals surface area (Å²) in [5.41, 5.74) is 1.48. The van der Waals surface area contributed by atoms with Crippen LogP contribution in [0.5, 0.6) is 0 Å². The van der Waals surface area contributed by atoms with Gasteiger partial charge in [-0.3, -0.25) is 14.4 Å². The van der Waals surface area contributed by atoms with Gasteiger partial charge in [0.05, 0.1) is 17.3 Å². The Kier molecular flexibility index (Phi) is 7.39. The van der Waals surface area contributed by atoms with Crippen molar-refractivity contribution in [1.82, 2.24) is 5.32 Å². The van der Waals surface area contributed by atoms with E-state index in [1.807, 2.05) is 13.0 Å². The molecule has 1 rings (SSSR count). The maximum Gasteiger partial charge on any atom is 0.303 e. The number of hydrogen-bond donors (Lipinski definition) is 3. The number of nitrogens with one attached hydrogen (secondary N) is 2. The van der Waals surface area contributed by atoms with E-state index in [-0.39, 0.29) is 31.2 Å². The Bertz CT molecular complexity index is 560. The number of rotatable bonds is 8. The largest absolute Gasteiger partial charge is 0.481 e. The molecular weight excluding hydrogens is 308 g/mol. The van der Waals surface area contributed by atoms with Crippen LogP contribution in [0.3, 0.4) is 0 Å². The highest BCUT2D eigenvalue weighted by atomic mass is 35.5. The van der Waals surface area contributed by atoms with Gasteiger partial charge in [0, 0.05) is 12.8 Å². The van der Waals surface area contributed by atoms with Gasteiger partial charge in [-0.25, -0.2) is 0 Å². The van der Waals surface area contributed by atoms with Crippen molar-refractivity contribution in [1.29, 1.82) is 0 Å². The van der Waals surface area contributed by atoms with Gasteiger partial charge >= 0.3 is 5.97 Å². The summed E-state index contributed by atoms with van der Waals surface area (Å²) in [6.07, 6.45) is 1.16. The van der Waals surface area contributed by atoms with Gasteiger partial charge in [-0.05, 0) is 37.5 Å². The SMILES string of the molecule is Cc1ccc(NC(=O)CNC(=O)CCCCC(=O)O)c(Cl)c1. The van der Waals surface area contributed by atoms with E-state index in [0.717, 1.165) is 5.56 Å². The highest BCUT2D eigenvalue weighted by molar-refractivity contribution is 6.33. The van der Waals surface area contributed by atoms with E-state index in [0.29, 0.717) is 23.6 Å². The highest BCUT2D eigenvalue weighted by Crippen LogP contribution is 2.22. The summed E-state index contributed by atoms with van der Waals surface area (Å²) in [7, 11) is 0. The molecule has 0 unspecified atom stereocenters. The van der Waals surface area contributed by atoms with Crippen molar-refractivity contribution < 1.29 is 19.5 Å². The molecule has 0 aliphatic heterocycles. The number of aryl methyl sites for hydroxylation is 1. The molecule has 0 aromatic heterocycles. The zero-order valence-corrected chi connectivity index (χ0v) is 13.1. The third-order valence-electron chi connectivity index (χ3n) is 2.89. The lowest BCUT2D eigenvalue weighted by Crippen LogP contribution is -2.32. The molecule has 0 aliphatic rings. The van der Waals surface area contributed by atoms with E-state index in [9.17, 15) is 14.4 Å². The quantitative estimate of drug-likeness (QED) is 0.639. The van der Waals surface area contributed by atoms with Crippen molar-refractivity contribution >= 4 is 35.1 Å². The molecule has 0 fully saturated rings. The van der Waals surface area contributed by atoms with Crippen LogP contribution in [0, 0.1) is 6.92 Å². The molecule has 6 nitrogen and oxygen atoms in total. The molecule has 1 aromatic carbocycles. The zero-order chi connectivity index (χ0) is 16.5. The fourth-order valence-electron chi connectivity index (χ4n) is 1.74. The minimum Gasteiger partial charge on any atom is -0.481 e. The van der Waals surface area contributed by atoms with E-state index in [4.69, 9.17) is 16.7 Å². The summed E-state index contributed by atoms with van der Waals surface area (Å²) in [6, 6.07) is 5.25. The second kappa shape index (κ2) is 9.04. The molecule has 0 spiro atoms. The van der Waals surface area contributed by atoms with Gasteiger partial charge in [0.2, 0.25) is 11.8 Å². The summed E-state index contributed by atoms with van der Waals surface area (Å²) < 4.78 is 0. The Balaban J connectivity index is 2.27. The molecular formula is C15H19ClN2O4. The number of hydrogen-bond acceptors (Lipinski definition) is 3. The van der Waals surface area contributed by atoms with Crippen LogP contribution in [0.2, 0.25) is 5.02 Å². The van der Waals surface area contributed by atoms with Gasteiger partial charge in [0.15, 0.2) is 0 Å². The summed E-state index contributed by atoms with van der Waals surface area (Å²) in [5.74, 6) is -1.53. The van der Waals surface area contributed by atoms with E-state index in [1.54, 1.807) is 12.1 Å². The second-order valence-electron chi connectivity index (χ2n) is 4.91. The van der Waals surface area contributed by atoms with Crippen LogP contribution in [0.4, 0.5) is 5.69 Å². The van der Waals surface area contributed by atoms with E-state index >= 15 is 0 Å². The zero-order valence-electron chi connectivity index (χ0n) is 12.3. The summed E-state index contributed by atoms with van der Waals surface area (Å²) >= 11 is 6.00. The first-order valence-corrected chi connectivity index (χ1v) is 7.31. The number of carbonyl (C=O) groups is 3. The molecule has 0 radical (unpaired) electrons.